The quantitative estimate of drug-likeness (QED) is 0.486. The predicted molar refractivity (Wildman–Crippen MR) is 33.2 cm³/mol. The average Bonchev–Trinajstić information content (AvgIpc) is 2.14. The topological polar surface area (TPSA) is 43.1 Å². The van der Waals surface area contributed by atoms with E-state index in [9.17, 15) is 4.79 Å². The Morgan fingerprint density at radius 3 is 2.75 bits per heavy atom. The van der Waals surface area contributed by atoms with Gasteiger partial charge in [-0.1, -0.05) is 0 Å². The molecule has 0 saturated heterocycles. The second-order valence-corrected chi connectivity index (χ2v) is 3.35. The van der Waals surface area contributed by atoms with Crippen LogP contribution in [0.1, 0.15) is 9.23 Å². The Morgan fingerprint density at radius 2 is 2.50 bits per heavy atom. The van der Waals surface area contributed by atoms with E-state index in [1.165, 1.54) is 0 Å². The number of rotatable bonds is 1. The van der Waals surface area contributed by atoms with Crippen LogP contribution in [0.5, 0.6) is 0 Å². The Balaban J connectivity index is 3.09. The minimum atomic E-state index is 0.214. The molecule has 3 heteroatoms. The van der Waals surface area contributed by atoms with Crippen LogP contribution in [0.25, 0.3) is 0 Å². The summed E-state index contributed by atoms with van der Waals surface area (Å²) >= 11 is 0.214. The first kappa shape index (κ1) is 5.60. The summed E-state index contributed by atoms with van der Waals surface area (Å²) in [6, 6.07) is 1.78. The fourth-order valence-corrected chi connectivity index (χ4v) is 1.73. The van der Waals surface area contributed by atoms with Gasteiger partial charge in [-0.2, -0.15) is 0 Å². The molecule has 0 fully saturated rings. The van der Waals surface area contributed by atoms with E-state index in [-0.39, 0.29) is 14.5 Å². The summed E-state index contributed by atoms with van der Waals surface area (Å²) in [4.78, 5) is 12.0. The van der Waals surface area contributed by atoms with E-state index in [0.29, 0.717) is 5.69 Å². The Hall–Kier alpha value is -0.531. The van der Waals surface area contributed by atoms with Gasteiger partial charge in [0.15, 0.2) is 0 Å². The van der Waals surface area contributed by atoms with Crippen molar-refractivity contribution in [2.75, 3.05) is 5.73 Å². The van der Waals surface area contributed by atoms with Crippen molar-refractivity contribution in [3.8, 4) is 0 Å². The van der Waals surface area contributed by atoms with Crippen LogP contribution in [0.2, 0.25) is 0 Å². The number of carbonyl (C=O) groups is 1. The summed E-state index contributed by atoms with van der Waals surface area (Å²) in [5.74, 6) is 0. The Labute approximate surface area is 53.1 Å². The molecule has 2 nitrogen and oxygen atoms in total. The number of anilines is 1. The third-order valence-electron chi connectivity index (χ3n) is 0.834. The van der Waals surface area contributed by atoms with Gasteiger partial charge in [-0.15, -0.1) is 0 Å². The number of hydrogen-bond donors (Lipinski definition) is 1. The summed E-state index contributed by atoms with van der Waals surface area (Å²) in [6.07, 6.45) is 0.829. The first-order chi connectivity index (χ1) is 3.84. The van der Waals surface area contributed by atoms with Crippen LogP contribution < -0.4 is 5.73 Å². The summed E-state index contributed by atoms with van der Waals surface area (Å²) in [5.41, 5.74) is 6.01. The van der Waals surface area contributed by atoms with E-state index in [0.717, 1.165) is 10.7 Å². The van der Waals surface area contributed by atoms with Crippen LogP contribution in [0.4, 0.5) is 5.69 Å². The molecule has 2 N–H and O–H groups in total. The van der Waals surface area contributed by atoms with Gasteiger partial charge in [0.05, 0.1) is 0 Å². The summed E-state index contributed by atoms with van der Waals surface area (Å²) in [5, 5.41) is 0. The molecule has 0 aliphatic carbocycles. The molecule has 0 unspecified atom stereocenters. The van der Waals surface area contributed by atoms with E-state index in [1.807, 2.05) is 4.94 Å². The molecule has 42 valence electrons. The van der Waals surface area contributed by atoms with Crippen molar-refractivity contribution in [2.45, 2.75) is 0 Å². The van der Waals surface area contributed by atoms with Crippen LogP contribution >= 0.6 is 0 Å². The average molecular weight is 174 g/mol. The zero-order chi connectivity index (χ0) is 5.98. The molecule has 0 aromatic carbocycles. The minimum absolute atomic E-state index is 0.214. The molecule has 1 rings (SSSR count). The standard InChI is InChI=1S/C5H5NOSe/c6-4-1-2-8-5(4)3-7/h1-3H,6H2. The summed E-state index contributed by atoms with van der Waals surface area (Å²) in [7, 11) is 0. The monoisotopic (exact) mass is 175 g/mol. The zero-order valence-corrected chi connectivity index (χ0v) is 5.84. The van der Waals surface area contributed by atoms with Crippen molar-refractivity contribution in [3.05, 3.63) is 15.4 Å². The van der Waals surface area contributed by atoms with E-state index in [2.05, 4.69) is 0 Å². The van der Waals surface area contributed by atoms with Gasteiger partial charge in [0.1, 0.15) is 0 Å². The van der Waals surface area contributed by atoms with E-state index in [1.54, 1.807) is 6.07 Å². The molecule has 1 heterocycles. The van der Waals surface area contributed by atoms with Gasteiger partial charge in [0.25, 0.3) is 0 Å². The van der Waals surface area contributed by atoms with Crippen molar-refractivity contribution in [1.82, 2.24) is 0 Å². The molecule has 0 aliphatic heterocycles. The molecule has 0 spiro atoms. The number of nitrogen functional groups attached to an aromatic ring is 1. The van der Waals surface area contributed by atoms with E-state index < -0.39 is 0 Å². The third kappa shape index (κ3) is 0.831. The fourth-order valence-electron chi connectivity index (χ4n) is 0.427. The first-order valence-electron chi connectivity index (χ1n) is 2.12. The van der Waals surface area contributed by atoms with Gasteiger partial charge >= 0.3 is 52.4 Å². The van der Waals surface area contributed by atoms with E-state index >= 15 is 0 Å². The number of nitrogens with two attached hydrogens (primary N) is 1. The molecule has 0 radical (unpaired) electrons. The zero-order valence-electron chi connectivity index (χ0n) is 4.13. The summed E-state index contributed by atoms with van der Waals surface area (Å²) in [6.45, 7) is 0. The summed E-state index contributed by atoms with van der Waals surface area (Å²) < 4.78 is 0.762. The Morgan fingerprint density at radius 1 is 1.75 bits per heavy atom. The molecule has 0 saturated carbocycles. The second kappa shape index (κ2) is 2.16. The molecule has 0 amide bonds. The number of carbonyl (C=O) groups excluding carboxylic acids is 1. The van der Waals surface area contributed by atoms with E-state index in [4.69, 9.17) is 5.73 Å². The molecule has 1 aromatic rings. The van der Waals surface area contributed by atoms with Crippen LogP contribution in [-0.4, -0.2) is 20.8 Å². The Bertz CT molecular complexity index is 194. The normalized spacial score (nSPS) is 9.00. The van der Waals surface area contributed by atoms with Crippen molar-refractivity contribution >= 4 is 26.5 Å². The van der Waals surface area contributed by atoms with Gasteiger partial charge in [0, 0.05) is 0 Å². The molecule has 0 bridgehead atoms. The third-order valence-corrected chi connectivity index (χ3v) is 2.63. The molecule has 0 atom stereocenters. The van der Waals surface area contributed by atoms with Crippen molar-refractivity contribution in [1.29, 1.82) is 0 Å². The maximum atomic E-state index is 10.1. The van der Waals surface area contributed by atoms with Gasteiger partial charge in [-0.05, 0) is 0 Å². The maximum absolute atomic E-state index is 10.1. The van der Waals surface area contributed by atoms with Gasteiger partial charge in [-0.3, -0.25) is 0 Å². The molecular formula is C5H5NOSe. The molecule has 1 aromatic heterocycles. The van der Waals surface area contributed by atoms with Crippen LogP contribution in [-0.2, 0) is 0 Å². The van der Waals surface area contributed by atoms with Crippen molar-refractivity contribution in [3.63, 3.8) is 0 Å². The SMILES string of the molecule is Nc1cc[se]c1C=O. The van der Waals surface area contributed by atoms with Gasteiger partial charge < -0.3 is 0 Å². The fraction of sp³-hybridized carbons (Fsp3) is 0. The molecule has 8 heavy (non-hydrogen) atoms. The molecule has 0 aliphatic rings. The molecular weight excluding hydrogens is 169 g/mol. The first-order valence-corrected chi connectivity index (χ1v) is 3.97. The van der Waals surface area contributed by atoms with Crippen LogP contribution in [0.3, 0.4) is 0 Å². The van der Waals surface area contributed by atoms with Crippen LogP contribution in [0, 0.1) is 0 Å². The van der Waals surface area contributed by atoms with Crippen LogP contribution in [0.15, 0.2) is 11.0 Å². The van der Waals surface area contributed by atoms with Gasteiger partial charge in [-0.25, -0.2) is 0 Å². The van der Waals surface area contributed by atoms with Crippen molar-refractivity contribution in [2.24, 2.45) is 0 Å². The number of hydrogen-bond acceptors (Lipinski definition) is 2. The Kier molecular flexibility index (Phi) is 1.51. The predicted octanol–water partition coefficient (Wildman–Crippen LogP) is 0.138. The second-order valence-electron chi connectivity index (χ2n) is 1.36. The van der Waals surface area contributed by atoms with Crippen molar-refractivity contribution < 1.29 is 4.79 Å². The number of aldehydes is 1. The van der Waals surface area contributed by atoms with Gasteiger partial charge in [0.2, 0.25) is 0 Å².